The summed E-state index contributed by atoms with van der Waals surface area (Å²) in [5, 5.41) is 11.0. The SMILES string of the molecule is CCOC(=O)C(=NO)C(=O)C(C)C. The molecule has 0 saturated carbocycles. The van der Waals surface area contributed by atoms with Crippen LogP contribution in [0, 0.1) is 5.92 Å². The van der Waals surface area contributed by atoms with E-state index in [1.807, 2.05) is 0 Å². The molecule has 0 amide bonds. The molecule has 0 aliphatic carbocycles. The van der Waals surface area contributed by atoms with Crippen LogP contribution in [0.15, 0.2) is 5.16 Å². The van der Waals surface area contributed by atoms with Crippen LogP contribution >= 0.6 is 0 Å². The Morgan fingerprint density at radius 3 is 2.31 bits per heavy atom. The number of hydrogen-bond donors (Lipinski definition) is 1. The quantitative estimate of drug-likeness (QED) is 0.230. The van der Waals surface area contributed by atoms with Crippen molar-refractivity contribution in [2.75, 3.05) is 6.61 Å². The topological polar surface area (TPSA) is 76.0 Å². The minimum absolute atomic E-state index is 0.142. The van der Waals surface area contributed by atoms with Crippen molar-refractivity contribution >= 4 is 17.5 Å². The summed E-state index contributed by atoms with van der Waals surface area (Å²) >= 11 is 0. The average Bonchev–Trinajstić information content (AvgIpc) is 2.05. The third-order valence-electron chi connectivity index (χ3n) is 1.33. The molecule has 5 nitrogen and oxygen atoms in total. The Bertz CT molecular complexity index is 232. The van der Waals surface area contributed by atoms with Gasteiger partial charge in [0.05, 0.1) is 6.61 Å². The Hall–Kier alpha value is -1.39. The normalized spacial score (nSPS) is 11.5. The minimum atomic E-state index is -0.885. The second-order valence-corrected chi connectivity index (χ2v) is 2.69. The number of nitrogens with zero attached hydrogens (tertiary/aromatic N) is 1. The van der Waals surface area contributed by atoms with Gasteiger partial charge in [0.2, 0.25) is 5.71 Å². The summed E-state index contributed by atoms with van der Waals surface area (Å²) < 4.78 is 4.52. The Labute approximate surface area is 76.4 Å². The summed E-state index contributed by atoms with van der Waals surface area (Å²) in [6.07, 6.45) is 0. The van der Waals surface area contributed by atoms with E-state index >= 15 is 0 Å². The van der Waals surface area contributed by atoms with Crippen LogP contribution in [0.5, 0.6) is 0 Å². The highest BCUT2D eigenvalue weighted by molar-refractivity contribution is 6.64. The van der Waals surface area contributed by atoms with E-state index < -0.39 is 23.4 Å². The number of Topliss-reactive ketones (excluding diaryl/α,β-unsaturated/α-hetero) is 1. The average molecular weight is 187 g/mol. The van der Waals surface area contributed by atoms with E-state index in [2.05, 4.69) is 9.89 Å². The lowest BCUT2D eigenvalue weighted by Gasteiger charge is -2.04. The molecule has 74 valence electrons. The molecule has 0 unspecified atom stereocenters. The Morgan fingerprint density at radius 2 is 2.00 bits per heavy atom. The highest BCUT2D eigenvalue weighted by Crippen LogP contribution is 1.98. The van der Waals surface area contributed by atoms with Gasteiger partial charge in [0.25, 0.3) is 0 Å². The van der Waals surface area contributed by atoms with Crippen molar-refractivity contribution in [2.24, 2.45) is 11.1 Å². The fourth-order valence-electron chi connectivity index (χ4n) is 0.664. The van der Waals surface area contributed by atoms with Gasteiger partial charge in [-0.3, -0.25) is 4.79 Å². The molecule has 0 rings (SSSR count). The molecule has 0 radical (unpaired) electrons. The molecular formula is C8H13NO4. The first kappa shape index (κ1) is 11.6. The largest absolute Gasteiger partial charge is 0.461 e. The monoisotopic (exact) mass is 187 g/mol. The number of carbonyl (C=O) groups excluding carboxylic acids is 2. The molecule has 1 N–H and O–H groups in total. The predicted octanol–water partition coefficient (Wildman–Crippen LogP) is 0.605. The van der Waals surface area contributed by atoms with Crippen LogP contribution in [-0.2, 0) is 14.3 Å². The lowest BCUT2D eigenvalue weighted by molar-refractivity contribution is -0.136. The summed E-state index contributed by atoms with van der Waals surface area (Å²) in [5.74, 6) is -1.81. The molecule has 0 bridgehead atoms. The van der Waals surface area contributed by atoms with E-state index in [-0.39, 0.29) is 6.61 Å². The summed E-state index contributed by atoms with van der Waals surface area (Å²) in [6.45, 7) is 4.95. The van der Waals surface area contributed by atoms with Crippen LogP contribution in [0.2, 0.25) is 0 Å². The Kier molecular flexibility index (Phi) is 4.72. The molecule has 5 heteroatoms. The van der Waals surface area contributed by atoms with Crippen molar-refractivity contribution in [3.05, 3.63) is 0 Å². The molecule has 0 saturated heterocycles. The van der Waals surface area contributed by atoms with Crippen molar-refractivity contribution in [2.45, 2.75) is 20.8 Å². The molecule has 13 heavy (non-hydrogen) atoms. The number of hydrogen-bond acceptors (Lipinski definition) is 5. The summed E-state index contributed by atoms with van der Waals surface area (Å²) in [6, 6.07) is 0. The lowest BCUT2D eigenvalue weighted by atomic mass is 10.1. The Balaban J connectivity index is 4.54. The first-order chi connectivity index (χ1) is 6.04. The lowest BCUT2D eigenvalue weighted by Crippen LogP contribution is -2.29. The fourth-order valence-corrected chi connectivity index (χ4v) is 0.664. The van der Waals surface area contributed by atoms with Crippen LogP contribution in [0.1, 0.15) is 20.8 Å². The van der Waals surface area contributed by atoms with Gasteiger partial charge in [-0.05, 0) is 6.92 Å². The highest BCUT2D eigenvalue weighted by Gasteiger charge is 2.24. The maximum absolute atomic E-state index is 11.2. The number of carbonyl (C=O) groups is 2. The molecule has 0 aliphatic heterocycles. The van der Waals surface area contributed by atoms with Crippen molar-refractivity contribution in [1.82, 2.24) is 0 Å². The van der Waals surface area contributed by atoms with Gasteiger partial charge in [-0.1, -0.05) is 19.0 Å². The van der Waals surface area contributed by atoms with Crippen molar-refractivity contribution < 1.29 is 19.5 Å². The molecular weight excluding hydrogens is 174 g/mol. The molecule has 0 aliphatic rings. The predicted molar refractivity (Wildman–Crippen MR) is 45.7 cm³/mol. The maximum atomic E-state index is 11.2. The summed E-state index contributed by atoms with van der Waals surface area (Å²) in [7, 11) is 0. The zero-order valence-electron chi connectivity index (χ0n) is 7.90. The Morgan fingerprint density at radius 1 is 1.46 bits per heavy atom. The van der Waals surface area contributed by atoms with Gasteiger partial charge in [0.15, 0.2) is 5.78 Å². The molecule has 0 fully saturated rings. The number of esters is 1. The van der Waals surface area contributed by atoms with Crippen LogP contribution in [0.25, 0.3) is 0 Å². The molecule has 0 aromatic rings. The summed E-state index contributed by atoms with van der Waals surface area (Å²) in [4.78, 5) is 22.2. The van der Waals surface area contributed by atoms with Crippen molar-refractivity contribution in [1.29, 1.82) is 0 Å². The fraction of sp³-hybridized carbons (Fsp3) is 0.625. The van der Waals surface area contributed by atoms with Crippen LogP contribution in [-0.4, -0.2) is 29.3 Å². The number of oxime groups is 1. The number of rotatable bonds is 4. The molecule has 0 aromatic carbocycles. The highest BCUT2D eigenvalue weighted by atomic mass is 16.5. The zero-order valence-corrected chi connectivity index (χ0v) is 7.90. The van der Waals surface area contributed by atoms with Crippen LogP contribution < -0.4 is 0 Å². The van der Waals surface area contributed by atoms with Crippen molar-refractivity contribution in [3.63, 3.8) is 0 Å². The van der Waals surface area contributed by atoms with Gasteiger partial charge in [-0.2, -0.15) is 0 Å². The minimum Gasteiger partial charge on any atom is -0.461 e. The van der Waals surface area contributed by atoms with E-state index in [9.17, 15) is 9.59 Å². The maximum Gasteiger partial charge on any atom is 0.364 e. The van der Waals surface area contributed by atoms with Gasteiger partial charge in [0.1, 0.15) is 0 Å². The van der Waals surface area contributed by atoms with E-state index in [0.29, 0.717) is 0 Å². The molecule has 0 heterocycles. The molecule has 0 spiro atoms. The smallest absolute Gasteiger partial charge is 0.364 e. The first-order valence-corrected chi connectivity index (χ1v) is 3.98. The van der Waals surface area contributed by atoms with Gasteiger partial charge < -0.3 is 9.94 Å². The van der Waals surface area contributed by atoms with Gasteiger partial charge >= 0.3 is 5.97 Å². The number of ether oxygens (including phenoxy) is 1. The van der Waals surface area contributed by atoms with E-state index in [0.717, 1.165) is 0 Å². The van der Waals surface area contributed by atoms with Gasteiger partial charge in [-0.25, -0.2) is 4.79 Å². The van der Waals surface area contributed by atoms with E-state index in [4.69, 9.17) is 5.21 Å². The van der Waals surface area contributed by atoms with E-state index in [1.54, 1.807) is 20.8 Å². The van der Waals surface area contributed by atoms with Crippen LogP contribution in [0.3, 0.4) is 0 Å². The van der Waals surface area contributed by atoms with Gasteiger partial charge in [-0.15, -0.1) is 0 Å². The zero-order chi connectivity index (χ0) is 10.4. The molecule has 0 atom stereocenters. The first-order valence-electron chi connectivity index (χ1n) is 3.98. The van der Waals surface area contributed by atoms with Crippen molar-refractivity contribution in [3.8, 4) is 0 Å². The molecule has 0 aromatic heterocycles. The third-order valence-corrected chi connectivity index (χ3v) is 1.33. The number of ketones is 1. The third kappa shape index (κ3) is 3.23. The van der Waals surface area contributed by atoms with Gasteiger partial charge in [0, 0.05) is 5.92 Å². The summed E-state index contributed by atoms with van der Waals surface area (Å²) in [5.41, 5.74) is -0.545. The van der Waals surface area contributed by atoms with Crippen LogP contribution in [0.4, 0.5) is 0 Å². The second-order valence-electron chi connectivity index (χ2n) is 2.69. The standard InChI is InChI=1S/C8H13NO4/c1-4-13-8(11)6(9-12)7(10)5(2)3/h5,12H,4H2,1-3H3. The van der Waals surface area contributed by atoms with E-state index in [1.165, 1.54) is 0 Å². The second kappa shape index (κ2) is 5.29.